The highest BCUT2D eigenvalue weighted by molar-refractivity contribution is 7.92. The van der Waals surface area contributed by atoms with Crippen molar-refractivity contribution >= 4 is 89.2 Å². The van der Waals surface area contributed by atoms with E-state index in [1.807, 2.05) is 60.7 Å². The first kappa shape index (κ1) is 87.0. The van der Waals surface area contributed by atoms with Gasteiger partial charge in [-0.05, 0) is 176 Å². The van der Waals surface area contributed by atoms with Crippen molar-refractivity contribution in [1.29, 1.82) is 0 Å². The van der Waals surface area contributed by atoms with Crippen molar-refractivity contribution in [2.45, 2.75) is 279 Å². The van der Waals surface area contributed by atoms with E-state index in [0.717, 1.165) is 77.9 Å². The lowest BCUT2D eigenvalue weighted by Gasteiger charge is -2.37. The van der Waals surface area contributed by atoms with Crippen molar-refractivity contribution in [2.24, 2.45) is 34.8 Å². The maximum atomic E-state index is 14.9. The van der Waals surface area contributed by atoms with E-state index in [0.29, 0.717) is 99.9 Å². The van der Waals surface area contributed by atoms with Crippen LogP contribution < -0.4 is 24.7 Å². The quantitative estimate of drug-likeness (QED) is 0.0150. The molecule has 4 saturated carbocycles. The number of hydrogen-bond acceptors (Lipinski definition) is 21. The monoisotopic (exact) mass is 1600 g/mol. The first-order valence-corrected chi connectivity index (χ1v) is 42.7. The zero-order chi connectivity index (χ0) is 82.7. The number of aliphatic hydroxyl groups is 2. The summed E-state index contributed by atoms with van der Waals surface area (Å²) in [6.45, 7) is 28.2. The normalized spacial score (nSPS) is 25.2. The number of carboxylic acids is 1. The molecule has 6 fully saturated rings. The van der Waals surface area contributed by atoms with Crippen LogP contribution in [0.5, 0.6) is 11.5 Å². The Morgan fingerprint density at radius 3 is 1.39 bits per heavy atom. The number of benzene rings is 2. The van der Waals surface area contributed by atoms with Crippen LogP contribution in [0.1, 0.15) is 226 Å². The Kier molecular flexibility index (Phi) is 26.3. The summed E-state index contributed by atoms with van der Waals surface area (Å²) in [5.74, 6) is -5.66. The number of nitrogens with zero attached hydrogens (tertiary/aromatic N) is 4. The molecule has 0 radical (unpaired) electrons. The van der Waals surface area contributed by atoms with Crippen LogP contribution >= 0.6 is 0 Å². The van der Waals surface area contributed by atoms with Crippen molar-refractivity contribution < 1.29 is 89.5 Å². The third-order valence-electron chi connectivity index (χ3n) is 23.7. The van der Waals surface area contributed by atoms with Crippen LogP contribution in [0.2, 0.25) is 0 Å². The van der Waals surface area contributed by atoms with Crippen LogP contribution in [0.25, 0.3) is 21.8 Å². The zero-order valence-corrected chi connectivity index (χ0v) is 68.4. The summed E-state index contributed by atoms with van der Waals surface area (Å²) < 4.78 is 76.9. The molecule has 6 heterocycles. The zero-order valence-electron chi connectivity index (χ0n) is 66.8. The molecule has 4 aliphatic heterocycles. The van der Waals surface area contributed by atoms with Gasteiger partial charge in [0.2, 0.25) is 37.8 Å². The number of fused-ring (bicyclic) bond motifs is 6. The van der Waals surface area contributed by atoms with E-state index in [4.69, 9.17) is 24.7 Å². The first-order valence-electron chi connectivity index (χ1n) is 39.7. The number of sulfonamides is 2. The topological polar surface area (TPSA) is 385 Å². The highest BCUT2D eigenvalue weighted by Gasteiger charge is 2.64. The van der Waals surface area contributed by atoms with E-state index in [-0.39, 0.29) is 88.3 Å². The average Bonchev–Trinajstić information content (AvgIpc) is 1.60. The van der Waals surface area contributed by atoms with Crippen LogP contribution in [0, 0.1) is 29.1 Å². The van der Waals surface area contributed by atoms with E-state index in [1.165, 1.54) is 9.80 Å². The third kappa shape index (κ3) is 19.8. The number of aromatic nitrogens is 2. The molecule has 28 heteroatoms. The van der Waals surface area contributed by atoms with E-state index in [9.17, 15) is 70.5 Å². The predicted molar refractivity (Wildman–Crippen MR) is 426 cm³/mol. The highest BCUT2D eigenvalue weighted by atomic mass is 32.2. The lowest BCUT2D eigenvalue weighted by atomic mass is 9.85. The SMILES string of the molecule is C=CCCCCC[C@H](CC(=O)OC(C)(C)C)C(=O)N1C[C@@]2(CCc3c(c(CO)nc4ccccc34)O2)C[C@H]1C(=O)C[C@]1(C(=O)NS(=O)(=O)C2(C)CC2)C[C@H]1C=C.C=CCCCCC[C@H](CC(=O)OC(C)(C)C)C(=O)N1C[C@@]2(CCc3c(c(CO)nc4ccccc34)O2)C[C@H]1C(=O)O.C=C[C@@H]1C[C@]1(N)C(=O)NS(=O)(=O)C1(C)CC1. The number of Topliss-reactive ketones (excluding diaryl/α,β-unsaturated/α-hetero) is 1. The third-order valence-corrected chi connectivity index (χ3v) is 28.1. The maximum Gasteiger partial charge on any atom is 0.326 e. The number of ether oxygens (including phenoxy) is 4. The molecule has 4 amide bonds. The number of nitrogens with one attached hydrogen (secondary N) is 2. The molecule has 0 unspecified atom stereocenters. The van der Waals surface area contributed by atoms with Gasteiger partial charge in [-0.15, -0.1) is 26.3 Å². The van der Waals surface area contributed by atoms with Crippen LogP contribution in [-0.4, -0.2) is 162 Å². The minimum absolute atomic E-state index is 0.0392. The summed E-state index contributed by atoms with van der Waals surface area (Å²) in [6.07, 6.45) is 18.9. The molecule has 4 aliphatic carbocycles. The second-order valence-corrected chi connectivity index (χ2v) is 39.3. The predicted octanol–water partition coefficient (Wildman–Crippen LogP) is 10.9. The van der Waals surface area contributed by atoms with Gasteiger partial charge in [-0.1, -0.05) is 86.4 Å². The van der Waals surface area contributed by atoms with Crippen LogP contribution in [0.3, 0.4) is 0 Å². The molecule has 616 valence electrons. The van der Waals surface area contributed by atoms with Crippen molar-refractivity contribution in [3.05, 3.63) is 122 Å². The van der Waals surface area contributed by atoms with Gasteiger partial charge in [-0.25, -0.2) is 31.6 Å². The number of amides is 4. The number of allylic oxidation sites excluding steroid dienone is 3. The number of carboxylic acid groups (broad SMARTS) is 1. The molecule has 8 aliphatic rings. The van der Waals surface area contributed by atoms with E-state index < -0.39 is 122 Å². The lowest BCUT2D eigenvalue weighted by molar-refractivity contribution is -0.160. The summed E-state index contributed by atoms with van der Waals surface area (Å²) in [5, 5.41) is 32.5. The van der Waals surface area contributed by atoms with Crippen LogP contribution in [0.4, 0.5) is 0 Å². The van der Waals surface area contributed by atoms with Gasteiger partial charge >= 0.3 is 17.9 Å². The van der Waals surface area contributed by atoms with Gasteiger partial charge < -0.3 is 49.8 Å². The number of unbranched alkanes of at least 4 members (excludes halogenated alkanes) is 6. The number of pyridine rings is 2. The number of rotatable bonds is 32. The number of aliphatic carboxylic acids is 1. The molecular weight excluding hydrogens is 1490 g/mol. The second-order valence-electron chi connectivity index (χ2n) is 34.9. The van der Waals surface area contributed by atoms with Gasteiger partial charge in [0.05, 0.1) is 71.1 Å². The average molecular weight is 1600 g/mol. The highest BCUT2D eigenvalue weighted by Crippen LogP contribution is 2.58. The molecule has 10 atom stereocenters. The fourth-order valence-corrected chi connectivity index (χ4v) is 18.9. The minimum Gasteiger partial charge on any atom is -0.483 e. The lowest BCUT2D eigenvalue weighted by Crippen LogP contribution is -2.49. The van der Waals surface area contributed by atoms with Gasteiger partial charge in [0.1, 0.15) is 56.9 Å². The number of hydrogen-bond donors (Lipinski definition) is 6. The first-order chi connectivity index (χ1) is 53.1. The Labute approximate surface area is 664 Å². The van der Waals surface area contributed by atoms with Gasteiger partial charge in [0, 0.05) is 58.9 Å². The Balaban J connectivity index is 0.000000206. The summed E-state index contributed by atoms with van der Waals surface area (Å²) >= 11 is 0. The molecule has 4 aromatic rings. The fraction of sp³-hybridized carbons (Fsp3) is 0.600. The number of para-hydroxylation sites is 2. The van der Waals surface area contributed by atoms with Crippen molar-refractivity contribution in [2.75, 3.05) is 13.1 Å². The minimum atomic E-state index is -3.97. The molecule has 12 rings (SSSR count). The molecule has 2 aromatic carbocycles. The fourth-order valence-electron chi connectivity index (χ4n) is 16.2. The Morgan fingerprint density at radius 2 is 1.01 bits per heavy atom. The van der Waals surface area contributed by atoms with Gasteiger partial charge in [0.15, 0.2) is 5.78 Å². The van der Waals surface area contributed by atoms with Crippen molar-refractivity contribution in [3.63, 3.8) is 0 Å². The Bertz CT molecular complexity index is 4600. The van der Waals surface area contributed by atoms with E-state index >= 15 is 0 Å². The summed E-state index contributed by atoms with van der Waals surface area (Å²) in [7, 11) is -7.54. The molecule has 0 bridgehead atoms. The van der Waals surface area contributed by atoms with E-state index in [1.54, 1.807) is 67.5 Å². The number of nitrogens with two attached hydrogens (primary N) is 1. The molecular formula is C85H115N7O19S2. The molecule has 2 aromatic heterocycles. The maximum absolute atomic E-state index is 14.9. The Hall–Kier alpha value is -8.44. The largest absolute Gasteiger partial charge is 0.483 e. The number of carbonyl (C=O) groups is 8. The number of carbonyl (C=O) groups excluding carboxylic acids is 7. The van der Waals surface area contributed by atoms with Gasteiger partial charge in [-0.3, -0.25) is 43.0 Å². The van der Waals surface area contributed by atoms with Crippen LogP contribution in [-0.2, 0) is 93.9 Å². The Morgan fingerprint density at radius 1 is 0.593 bits per heavy atom. The number of esters is 2. The number of aryl methyl sites for hydroxylation is 2. The summed E-state index contributed by atoms with van der Waals surface area (Å²) in [5.41, 5.74) is 4.04. The molecule has 113 heavy (non-hydrogen) atoms. The second kappa shape index (κ2) is 34.2. The number of likely N-dealkylation sites (tertiary alicyclic amines) is 2. The smallest absolute Gasteiger partial charge is 0.326 e. The molecule has 7 N–H and O–H groups in total. The number of ketones is 1. The summed E-state index contributed by atoms with van der Waals surface area (Å²) in [6, 6.07) is 13.2. The standard InChI is InChI=1S/C43H57N3O9S.C32H42N2O7.C10H16N2O3S/c1-7-9-10-11-12-15-28(22-36(49)54-40(3,4)5)38(50)46-27-42(19-18-31-30-16-13-14-17-32(30)44-33(26-47)37(31)55-42)24-34(46)35(48)25-43(23-29(43)8-2)39(51)45-56(52,53)41(6)20-21-41;1-5-6-7-8-9-12-21(17-27(36)40-31(2,3)4)29(37)34-20-32(18-26(34)30(38)39)16-15-23-22-13-10-11-14-24(22)33-25(19-35)28(23)41-32;1-3-7-6-10(7,11)8(13)12-16(14,15)9(2)4-5-9/h7-8,13-14,16-17,28-29,34,47H,1-2,9-12,15,18-27H2,3-6H3,(H,45,51);5,10-11,13-14,21,26,35H,1,6-9,12,15-20H2,2-4H3,(H,38,39);3,7H,1,4-6,11H2,2H3,(H,12,13)/t28-,29-,34+,42-,43-;21-,26+,32-;7-,10-/m111/s1. The molecule has 26 nitrogen and oxygen atoms in total. The van der Waals surface area contributed by atoms with E-state index in [2.05, 4.69) is 45.7 Å². The molecule has 2 saturated heterocycles. The van der Waals surface area contributed by atoms with Gasteiger partial charge in [0.25, 0.3) is 5.91 Å². The van der Waals surface area contributed by atoms with Crippen molar-refractivity contribution in [1.82, 2.24) is 29.2 Å². The van der Waals surface area contributed by atoms with Crippen LogP contribution in [0.15, 0.2) is 99.2 Å². The summed E-state index contributed by atoms with van der Waals surface area (Å²) in [4.78, 5) is 120. The van der Waals surface area contributed by atoms with Gasteiger partial charge in [-0.2, -0.15) is 0 Å². The molecule has 2 spiro atoms. The van der Waals surface area contributed by atoms with Crippen molar-refractivity contribution in [3.8, 4) is 11.5 Å². The number of aliphatic hydroxyl groups excluding tert-OH is 2.